The van der Waals surface area contributed by atoms with Gasteiger partial charge in [0, 0.05) is 37.7 Å². The molecule has 5 nitrogen and oxygen atoms in total. The summed E-state index contributed by atoms with van der Waals surface area (Å²) < 4.78 is 5.03. The van der Waals surface area contributed by atoms with E-state index in [2.05, 4.69) is 20.6 Å². The summed E-state index contributed by atoms with van der Waals surface area (Å²) in [5, 5.41) is 6.49. The van der Waals surface area contributed by atoms with Crippen LogP contribution in [0, 0.1) is 6.92 Å². The number of ether oxygens (including phenoxy) is 1. The number of hydrogen-bond acceptors (Lipinski definition) is 5. The molecule has 0 unspecified atom stereocenters. The van der Waals surface area contributed by atoms with E-state index >= 15 is 0 Å². The number of nitrogens with one attached hydrogen (secondary N) is 2. The normalized spacial score (nSPS) is 10.3. The monoisotopic (exact) mass is 272 g/mol. The first kappa shape index (κ1) is 14.3. The predicted molar refractivity (Wildman–Crippen MR) is 81.5 cm³/mol. The second-order valence-electron chi connectivity index (χ2n) is 4.49. The molecule has 0 fully saturated rings. The van der Waals surface area contributed by atoms with E-state index in [0.29, 0.717) is 5.95 Å². The predicted octanol–water partition coefficient (Wildman–Crippen LogP) is 2.98. The number of aryl methyl sites for hydroxylation is 1. The van der Waals surface area contributed by atoms with E-state index in [0.717, 1.165) is 36.6 Å². The molecule has 1 aromatic carbocycles. The molecule has 0 atom stereocenters. The van der Waals surface area contributed by atoms with Crippen LogP contribution in [0.5, 0.6) is 0 Å². The molecule has 2 N–H and O–H groups in total. The third-order valence-corrected chi connectivity index (χ3v) is 2.82. The fraction of sp³-hybridized carbons (Fsp3) is 0.333. The van der Waals surface area contributed by atoms with Gasteiger partial charge in [-0.1, -0.05) is 18.2 Å². The van der Waals surface area contributed by atoms with E-state index in [-0.39, 0.29) is 0 Å². The van der Waals surface area contributed by atoms with Gasteiger partial charge in [0.05, 0.1) is 0 Å². The number of methoxy groups -OCH3 is 1. The van der Waals surface area contributed by atoms with E-state index in [4.69, 9.17) is 4.74 Å². The van der Waals surface area contributed by atoms with E-state index in [1.807, 2.05) is 43.5 Å². The van der Waals surface area contributed by atoms with Crippen molar-refractivity contribution in [3.05, 3.63) is 42.1 Å². The van der Waals surface area contributed by atoms with Crippen LogP contribution < -0.4 is 10.6 Å². The van der Waals surface area contributed by atoms with Gasteiger partial charge in [-0.25, -0.2) is 4.98 Å². The molecule has 20 heavy (non-hydrogen) atoms. The second-order valence-corrected chi connectivity index (χ2v) is 4.49. The van der Waals surface area contributed by atoms with Crippen molar-refractivity contribution in [2.24, 2.45) is 0 Å². The van der Waals surface area contributed by atoms with Crippen LogP contribution in [0.25, 0.3) is 0 Å². The topological polar surface area (TPSA) is 59.1 Å². The average Bonchev–Trinajstić information content (AvgIpc) is 2.48. The van der Waals surface area contributed by atoms with Crippen molar-refractivity contribution in [1.29, 1.82) is 0 Å². The molecule has 1 aromatic heterocycles. The summed E-state index contributed by atoms with van der Waals surface area (Å²) in [5.74, 6) is 1.45. The number of anilines is 3. The number of benzene rings is 1. The van der Waals surface area contributed by atoms with Crippen molar-refractivity contribution in [3.63, 3.8) is 0 Å². The number of aromatic nitrogens is 2. The Morgan fingerprint density at radius 2 is 2.00 bits per heavy atom. The zero-order valence-electron chi connectivity index (χ0n) is 11.9. The van der Waals surface area contributed by atoms with Crippen LogP contribution in [0.3, 0.4) is 0 Å². The minimum absolute atomic E-state index is 0.594. The molecule has 1 heterocycles. The van der Waals surface area contributed by atoms with Crippen LogP contribution in [0.4, 0.5) is 17.5 Å². The Labute approximate surface area is 119 Å². The van der Waals surface area contributed by atoms with Gasteiger partial charge in [-0.15, -0.1) is 0 Å². The summed E-state index contributed by atoms with van der Waals surface area (Å²) >= 11 is 0. The molecular formula is C15H20N4O. The first-order chi connectivity index (χ1) is 9.79. The van der Waals surface area contributed by atoms with Crippen molar-refractivity contribution < 1.29 is 4.74 Å². The molecule has 0 aliphatic carbocycles. The van der Waals surface area contributed by atoms with E-state index in [1.165, 1.54) is 0 Å². The van der Waals surface area contributed by atoms with Crippen molar-refractivity contribution in [3.8, 4) is 0 Å². The van der Waals surface area contributed by atoms with Crippen LogP contribution in [-0.4, -0.2) is 30.2 Å². The van der Waals surface area contributed by atoms with Gasteiger partial charge in [0.25, 0.3) is 0 Å². The Morgan fingerprint density at radius 3 is 2.75 bits per heavy atom. The van der Waals surface area contributed by atoms with Gasteiger partial charge in [0.15, 0.2) is 0 Å². The van der Waals surface area contributed by atoms with Crippen LogP contribution in [0.1, 0.15) is 12.0 Å². The highest BCUT2D eigenvalue weighted by Gasteiger charge is 2.03. The lowest BCUT2D eigenvalue weighted by atomic mass is 10.3. The minimum Gasteiger partial charge on any atom is -0.385 e. The van der Waals surface area contributed by atoms with Gasteiger partial charge >= 0.3 is 0 Å². The highest BCUT2D eigenvalue weighted by Crippen LogP contribution is 2.16. The Balaban J connectivity index is 2.00. The molecule has 2 rings (SSSR count). The molecular weight excluding hydrogens is 252 g/mol. The molecule has 0 radical (unpaired) electrons. The zero-order chi connectivity index (χ0) is 14.2. The molecule has 0 aliphatic rings. The number of rotatable bonds is 7. The SMILES string of the molecule is COCCCNc1nc(Nc2ccccc2)ncc1C. The van der Waals surface area contributed by atoms with Crippen molar-refractivity contribution >= 4 is 17.5 Å². The summed E-state index contributed by atoms with van der Waals surface area (Å²) in [6, 6.07) is 9.88. The smallest absolute Gasteiger partial charge is 0.229 e. The number of hydrogen-bond donors (Lipinski definition) is 2. The van der Waals surface area contributed by atoms with Gasteiger partial charge < -0.3 is 15.4 Å². The van der Waals surface area contributed by atoms with Gasteiger partial charge in [0.2, 0.25) is 5.95 Å². The van der Waals surface area contributed by atoms with Crippen molar-refractivity contribution in [1.82, 2.24) is 9.97 Å². The molecule has 106 valence electrons. The summed E-state index contributed by atoms with van der Waals surface area (Å²) in [7, 11) is 1.71. The lowest BCUT2D eigenvalue weighted by molar-refractivity contribution is 0.197. The standard InChI is InChI=1S/C15H20N4O/c1-12-11-17-15(18-13-7-4-3-5-8-13)19-14(12)16-9-6-10-20-2/h3-5,7-8,11H,6,9-10H2,1-2H3,(H2,16,17,18,19). The van der Waals surface area contributed by atoms with Crippen molar-refractivity contribution in [2.45, 2.75) is 13.3 Å². The van der Waals surface area contributed by atoms with Gasteiger partial charge in [-0.3, -0.25) is 0 Å². The fourth-order valence-corrected chi connectivity index (χ4v) is 1.76. The first-order valence-electron chi connectivity index (χ1n) is 6.68. The lowest BCUT2D eigenvalue weighted by Gasteiger charge is -2.10. The highest BCUT2D eigenvalue weighted by atomic mass is 16.5. The van der Waals surface area contributed by atoms with E-state index in [9.17, 15) is 0 Å². The molecule has 0 saturated heterocycles. The van der Waals surface area contributed by atoms with Crippen molar-refractivity contribution in [2.75, 3.05) is 30.9 Å². The Hall–Kier alpha value is -2.14. The third kappa shape index (κ3) is 4.20. The largest absolute Gasteiger partial charge is 0.385 e. The maximum absolute atomic E-state index is 5.03. The summed E-state index contributed by atoms with van der Waals surface area (Å²) in [5.41, 5.74) is 2.00. The summed E-state index contributed by atoms with van der Waals surface area (Å²) in [4.78, 5) is 8.78. The summed E-state index contributed by atoms with van der Waals surface area (Å²) in [6.45, 7) is 3.56. The van der Waals surface area contributed by atoms with Crippen LogP contribution in [-0.2, 0) is 4.74 Å². The van der Waals surface area contributed by atoms with Crippen LogP contribution in [0.2, 0.25) is 0 Å². The van der Waals surface area contributed by atoms with Crippen LogP contribution >= 0.6 is 0 Å². The molecule has 0 saturated carbocycles. The second kappa shape index (κ2) is 7.45. The Morgan fingerprint density at radius 1 is 1.20 bits per heavy atom. The van der Waals surface area contributed by atoms with E-state index < -0.39 is 0 Å². The minimum atomic E-state index is 0.594. The van der Waals surface area contributed by atoms with Gasteiger partial charge in [-0.05, 0) is 25.5 Å². The molecule has 0 amide bonds. The maximum atomic E-state index is 5.03. The third-order valence-electron chi connectivity index (χ3n) is 2.82. The first-order valence-corrected chi connectivity index (χ1v) is 6.68. The molecule has 0 aliphatic heterocycles. The fourth-order valence-electron chi connectivity index (χ4n) is 1.76. The average molecular weight is 272 g/mol. The zero-order valence-corrected chi connectivity index (χ0v) is 11.9. The maximum Gasteiger partial charge on any atom is 0.229 e. The van der Waals surface area contributed by atoms with Gasteiger partial charge in [-0.2, -0.15) is 4.98 Å². The number of nitrogens with zero attached hydrogens (tertiary/aromatic N) is 2. The quantitative estimate of drug-likeness (QED) is 0.759. The van der Waals surface area contributed by atoms with Gasteiger partial charge in [0.1, 0.15) is 5.82 Å². The van der Waals surface area contributed by atoms with E-state index in [1.54, 1.807) is 7.11 Å². The molecule has 0 spiro atoms. The number of para-hydroxylation sites is 1. The molecule has 2 aromatic rings. The molecule has 5 heteroatoms. The Bertz CT molecular complexity index is 531. The highest BCUT2D eigenvalue weighted by molar-refractivity contribution is 5.55. The van der Waals surface area contributed by atoms with Crippen LogP contribution in [0.15, 0.2) is 36.5 Å². The molecule has 0 bridgehead atoms. The Kier molecular flexibility index (Phi) is 5.32. The summed E-state index contributed by atoms with van der Waals surface area (Å²) in [6.07, 6.45) is 2.76. The lowest BCUT2D eigenvalue weighted by Crippen LogP contribution is -2.09.